The van der Waals surface area contributed by atoms with Crippen LogP contribution in [0, 0.1) is 5.82 Å². The Bertz CT molecular complexity index is 456. The molecule has 0 spiro atoms. The third-order valence-corrected chi connectivity index (χ3v) is 3.83. The Morgan fingerprint density at radius 2 is 1.77 bits per heavy atom. The minimum atomic E-state index is -0.194. The summed E-state index contributed by atoms with van der Waals surface area (Å²) in [7, 11) is 0. The Hall–Kier alpha value is -1.05. The predicted molar refractivity (Wildman–Crippen MR) is 102 cm³/mol. The summed E-state index contributed by atoms with van der Waals surface area (Å²) in [5.74, 6) is 0.464. The lowest BCUT2D eigenvalue weighted by molar-refractivity contribution is 0.380. The quantitative estimate of drug-likeness (QED) is 0.345. The summed E-state index contributed by atoms with van der Waals surface area (Å²) >= 11 is 0. The smallest absolute Gasteiger partial charge is 0.191 e. The summed E-state index contributed by atoms with van der Waals surface area (Å²) in [4.78, 5) is 8.83. The first-order valence-corrected chi connectivity index (χ1v) is 7.76. The molecule has 4 nitrogen and oxygen atoms in total. The second-order valence-electron chi connectivity index (χ2n) is 5.40. The van der Waals surface area contributed by atoms with E-state index in [-0.39, 0.29) is 29.8 Å². The van der Waals surface area contributed by atoms with Crippen molar-refractivity contribution >= 4 is 35.6 Å². The lowest BCUT2D eigenvalue weighted by Crippen LogP contribution is -2.51. The highest BCUT2D eigenvalue weighted by Gasteiger charge is 2.18. The van der Waals surface area contributed by atoms with E-state index in [1.54, 1.807) is 0 Å². The average molecular weight is 420 g/mol. The minimum Gasteiger partial charge on any atom is -0.370 e. The first-order valence-electron chi connectivity index (χ1n) is 7.76. The molecule has 0 amide bonds. The van der Waals surface area contributed by atoms with Crippen LogP contribution in [0.5, 0.6) is 0 Å². The Balaban J connectivity index is 0.00000242. The van der Waals surface area contributed by atoms with Gasteiger partial charge in [-0.05, 0) is 30.7 Å². The van der Waals surface area contributed by atoms with E-state index in [1.165, 1.54) is 25.0 Å². The van der Waals surface area contributed by atoms with E-state index in [0.29, 0.717) is 5.96 Å². The van der Waals surface area contributed by atoms with Crippen molar-refractivity contribution in [2.24, 2.45) is 10.7 Å². The summed E-state index contributed by atoms with van der Waals surface area (Å²) in [6, 6.07) is 6.66. The number of hydrogen-bond acceptors (Lipinski definition) is 2. The van der Waals surface area contributed by atoms with Gasteiger partial charge in [0, 0.05) is 38.4 Å². The summed E-state index contributed by atoms with van der Waals surface area (Å²) in [5.41, 5.74) is 7.11. The molecule has 1 saturated heterocycles. The molecule has 22 heavy (non-hydrogen) atoms. The fourth-order valence-corrected chi connectivity index (χ4v) is 2.50. The number of rotatable bonds is 5. The van der Waals surface area contributed by atoms with Gasteiger partial charge in [-0.3, -0.25) is 4.99 Å². The molecule has 0 saturated carbocycles. The van der Waals surface area contributed by atoms with Crippen molar-refractivity contribution in [3.8, 4) is 0 Å². The van der Waals surface area contributed by atoms with Crippen LogP contribution in [0.1, 0.15) is 26.2 Å². The number of aliphatic imine (C=N–C) groups is 1. The fraction of sp³-hybridized carbons (Fsp3) is 0.562. The maximum atomic E-state index is 12.9. The zero-order valence-corrected chi connectivity index (χ0v) is 15.5. The van der Waals surface area contributed by atoms with E-state index in [1.807, 2.05) is 12.1 Å². The van der Waals surface area contributed by atoms with Gasteiger partial charge in [-0.2, -0.15) is 0 Å². The zero-order chi connectivity index (χ0) is 15.1. The zero-order valence-electron chi connectivity index (χ0n) is 13.2. The minimum absolute atomic E-state index is 0. The summed E-state index contributed by atoms with van der Waals surface area (Å²) in [6.45, 7) is 6.49. The van der Waals surface area contributed by atoms with Gasteiger partial charge in [-0.1, -0.05) is 19.8 Å². The fourth-order valence-electron chi connectivity index (χ4n) is 2.50. The highest BCUT2D eigenvalue weighted by molar-refractivity contribution is 14.0. The van der Waals surface area contributed by atoms with Crippen molar-refractivity contribution in [3.63, 3.8) is 0 Å². The van der Waals surface area contributed by atoms with E-state index in [9.17, 15) is 4.39 Å². The summed E-state index contributed by atoms with van der Waals surface area (Å²) in [6.07, 6.45) is 3.51. The number of nitrogens with two attached hydrogens (primary N) is 1. The van der Waals surface area contributed by atoms with E-state index in [4.69, 9.17) is 5.73 Å². The van der Waals surface area contributed by atoms with E-state index in [0.717, 1.165) is 44.8 Å². The normalized spacial score (nSPS) is 15.6. The van der Waals surface area contributed by atoms with Crippen LogP contribution in [0.2, 0.25) is 0 Å². The highest BCUT2D eigenvalue weighted by atomic mass is 127. The topological polar surface area (TPSA) is 44.9 Å². The molecular weight excluding hydrogens is 394 g/mol. The third kappa shape index (κ3) is 5.62. The lowest BCUT2D eigenvalue weighted by atomic mass is 10.2. The molecule has 1 aromatic rings. The number of anilines is 1. The number of nitrogens with zero attached hydrogens (tertiary/aromatic N) is 3. The van der Waals surface area contributed by atoms with Gasteiger partial charge in [0.05, 0.1) is 0 Å². The SMILES string of the molecule is CCCCCN=C(N)N1CCN(c2ccc(F)cc2)CC1.I. The Labute approximate surface area is 149 Å². The molecule has 1 aliphatic rings. The molecule has 1 heterocycles. The first kappa shape index (κ1) is 19.0. The van der Waals surface area contributed by atoms with Crippen LogP contribution in [0.4, 0.5) is 10.1 Å². The number of unbranched alkanes of at least 4 members (excludes halogenated alkanes) is 2. The van der Waals surface area contributed by atoms with Crippen molar-refractivity contribution < 1.29 is 4.39 Å². The molecule has 1 aromatic carbocycles. The first-order chi connectivity index (χ1) is 10.2. The van der Waals surface area contributed by atoms with Gasteiger partial charge in [-0.15, -0.1) is 24.0 Å². The predicted octanol–water partition coefficient (Wildman–Crippen LogP) is 3.07. The average Bonchev–Trinajstić information content (AvgIpc) is 2.52. The third-order valence-electron chi connectivity index (χ3n) is 3.83. The molecule has 2 rings (SSSR count). The number of guanidine groups is 1. The second-order valence-corrected chi connectivity index (χ2v) is 5.40. The molecule has 2 N–H and O–H groups in total. The maximum Gasteiger partial charge on any atom is 0.191 e. The second kappa shape index (κ2) is 9.86. The standard InChI is InChI=1S/C16H25FN4.HI/c1-2-3-4-9-19-16(18)21-12-10-20(11-13-21)15-7-5-14(17)6-8-15;/h5-8H,2-4,9-13H2,1H3,(H2,18,19);1H. The van der Waals surface area contributed by atoms with Gasteiger partial charge >= 0.3 is 0 Å². The van der Waals surface area contributed by atoms with Crippen molar-refractivity contribution in [3.05, 3.63) is 30.1 Å². The number of benzene rings is 1. The number of hydrogen-bond donors (Lipinski definition) is 1. The monoisotopic (exact) mass is 420 g/mol. The molecule has 0 unspecified atom stereocenters. The molecule has 0 aliphatic carbocycles. The maximum absolute atomic E-state index is 12.9. The van der Waals surface area contributed by atoms with Crippen LogP contribution < -0.4 is 10.6 Å². The van der Waals surface area contributed by atoms with Crippen LogP contribution in [0.3, 0.4) is 0 Å². The van der Waals surface area contributed by atoms with Crippen LogP contribution in [0.15, 0.2) is 29.3 Å². The lowest BCUT2D eigenvalue weighted by Gasteiger charge is -2.36. The Morgan fingerprint density at radius 3 is 2.36 bits per heavy atom. The molecule has 0 bridgehead atoms. The van der Waals surface area contributed by atoms with Crippen molar-refractivity contribution in [1.29, 1.82) is 0 Å². The van der Waals surface area contributed by atoms with E-state index in [2.05, 4.69) is 21.7 Å². The van der Waals surface area contributed by atoms with Crippen LogP contribution in [-0.2, 0) is 0 Å². The van der Waals surface area contributed by atoms with Crippen LogP contribution >= 0.6 is 24.0 Å². The van der Waals surface area contributed by atoms with Gasteiger partial charge in [-0.25, -0.2) is 4.39 Å². The van der Waals surface area contributed by atoms with E-state index >= 15 is 0 Å². The van der Waals surface area contributed by atoms with Crippen LogP contribution in [-0.4, -0.2) is 43.6 Å². The van der Waals surface area contributed by atoms with Crippen molar-refractivity contribution in [2.75, 3.05) is 37.6 Å². The Morgan fingerprint density at radius 1 is 1.14 bits per heavy atom. The summed E-state index contributed by atoms with van der Waals surface area (Å²) < 4.78 is 12.9. The molecule has 6 heteroatoms. The van der Waals surface area contributed by atoms with Gasteiger partial charge in [0.25, 0.3) is 0 Å². The molecule has 0 radical (unpaired) electrons. The van der Waals surface area contributed by atoms with Gasteiger partial charge in [0.2, 0.25) is 0 Å². The molecule has 1 fully saturated rings. The van der Waals surface area contributed by atoms with Crippen molar-refractivity contribution in [1.82, 2.24) is 4.90 Å². The van der Waals surface area contributed by atoms with E-state index < -0.39 is 0 Å². The molecule has 124 valence electrons. The largest absolute Gasteiger partial charge is 0.370 e. The molecular formula is C16H26FIN4. The van der Waals surface area contributed by atoms with Gasteiger partial charge in [0.1, 0.15) is 5.82 Å². The van der Waals surface area contributed by atoms with Crippen molar-refractivity contribution in [2.45, 2.75) is 26.2 Å². The van der Waals surface area contributed by atoms with Crippen LogP contribution in [0.25, 0.3) is 0 Å². The molecule has 0 aromatic heterocycles. The molecule has 1 aliphatic heterocycles. The summed E-state index contributed by atoms with van der Waals surface area (Å²) in [5, 5.41) is 0. The van der Waals surface area contributed by atoms with Gasteiger partial charge < -0.3 is 15.5 Å². The Kier molecular flexibility index (Phi) is 8.52. The van der Waals surface area contributed by atoms with Gasteiger partial charge in [0.15, 0.2) is 5.96 Å². The highest BCUT2D eigenvalue weighted by Crippen LogP contribution is 2.16. The molecule has 0 atom stereocenters. The number of piperazine rings is 1. The number of halogens is 2.